The van der Waals surface area contributed by atoms with Crippen molar-refractivity contribution in [3.05, 3.63) is 30.4 Å². The first kappa shape index (κ1) is 6.84. The molecule has 0 aliphatic heterocycles. The van der Waals surface area contributed by atoms with Gasteiger partial charge in [-0.1, -0.05) is 18.2 Å². The van der Waals surface area contributed by atoms with Gasteiger partial charge in [-0.25, -0.2) is 0 Å². The zero-order valence-electron chi connectivity index (χ0n) is 5.17. The van der Waals surface area contributed by atoms with Gasteiger partial charge in [-0.15, -0.1) is 11.6 Å². The van der Waals surface area contributed by atoms with Crippen molar-refractivity contribution in [2.45, 2.75) is 5.38 Å². The molecule has 0 spiro atoms. The molecule has 0 saturated carbocycles. The third-order valence-corrected chi connectivity index (χ3v) is 1.52. The van der Waals surface area contributed by atoms with Crippen molar-refractivity contribution in [3.8, 4) is 0 Å². The van der Waals surface area contributed by atoms with Gasteiger partial charge in [-0.3, -0.25) is 0 Å². The van der Waals surface area contributed by atoms with Gasteiger partial charge in [-0.05, 0) is 6.08 Å². The molecule has 1 unspecified atom stereocenters. The number of hydrogen-bond acceptors (Lipinski definition) is 1. The van der Waals surface area contributed by atoms with E-state index in [1.165, 1.54) is 0 Å². The fourth-order valence-corrected chi connectivity index (χ4v) is 0.925. The van der Waals surface area contributed by atoms with Crippen molar-refractivity contribution in [2.24, 2.45) is 0 Å². The molecule has 0 aromatic carbocycles. The second-order valence-electron chi connectivity index (χ2n) is 1.75. The van der Waals surface area contributed by atoms with Crippen molar-refractivity contribution in [1.29, 1.82) is 0 Å². The Morgan fingerprint density at radius 2 is 2.33 bits per heavy atom. The summed E-state index contributed by atoms with van der Waals surface area (Å²) in [4.78, 5) is 0. The molecule has 0 aromatic rings. The summed E-state index contributed by atoms with van der Waals surface area (Å²) in [5.41, 5.74) is 0. The van der Waals surface area contributed by atoms with Crippen LogP contribution in [-0.4, -0.2) is 12.5 Å². The lowest BCUT2D eigenvalue weighted by atomic mass is 10.1. The molecular formula is C7H8ClO. The van der Waals surface area contributed by atoms with Crippen LogP contribution in [0.1, 0.15) is 0 Å². The second-order valence-corrected chi connectivity index (χ2v) is 2.22. The van der Waals surface area contributed by atoms with Gasteiger partial charge < -0.3 is 4.74 Å². The molecule has 1 aliphatic carbocycles. The SMILES string of the molecule is CO[C]1C=CC=CC1Cl. The van der Waals surface area contributed by atoms with Gasteiger partial charge in [0.1, 0.15) is 6.10 Å². The van der Waals surface area contributed by atoms with E-state index in [4.69, 9.17) is 16.3 Å². The first-order chi connectivity index (χ1) is 4.34. The van der Waals surface area contributed by atoms with E-state index >= 15 is 0 Å². The molecule has 0 saturated heterocycles. The van der Waals surface area contributed by atoms with Crippen LogP contribution in [0.2, 0.25) is 0 Å². The first-order valence-electron chi connectivity index (χ1n) is 2.74. The minimum Gasteiger partial charge on any atom is -0.369 e. The van der Waals surface area contributed by atoms with Gasteiger partial charge in [0.15, 0.2) is 0 Å². The van der Waals surface area contributed by atoms with Crippen LogP contribution in [0.25, 0.3) is 0 Å². The highest BCUT2D eigenvalue weighted by atomic mass is 35.5. The summed E-state index contributed by atoms with van der Waals surface area (Å²) in [5, 5.41) is -0.0833. The molecule has 49 valence electrons. The quantitative estimate of drug-likeness (QED) is 0.510. The summed E-state index contributed by atoms with van der Waals surface area (Å²) in [5.74, 6) is 0. The topological polar surface area (TPSA) is 9.23 Å². The van der Waals surface area contributed by atoms with Crippen LogP contribution >= 0.6 is 11.6 Å². The lowest BCUT2D eigenvalue weighted by Crippen LogP contribution is -2.11. The Labute approximate surface area is 60.0 Å². The highest BCUT2D eigenvalue weighted by Gasteiger charge is 2.15. The molecule has 9 heavy (non-hydrogen) atoms. The Morgan fingerprint density at radius 3 is 2.78 bits per heavy atom. The molecule has 1 atom stereocenters. The van der Waals surface area contributed by atoms with Crippen molar-refractivity contribution in [1.82, 2.24) is 0 Å². The lowest BCUT2D eigenvalue weighted by Gasteiger charge is -2.14. The van der Waals surface area contributed by atoms with Gasteiger partial charge in [0, 0.05) is 7.11 Å². The second kappa shape index (κ2) is 3.04. The Kier molecular flexibility index (Phi) is 2.31. The van der Waals surface area contributed by atoms with Crippen LogP contribution in [0, 0.1) is 6.10 Å². The summed E-state index contributed by atoms with van der Waals surface area (Å²) < 4.78 is 4.95. The van der Waals surface area contributed by atoms with Gasteiger partial charge in [0.05, 0.1) is 5.38 Å². The number of methoxy groups -OCH3 is 1. The van der Waals surface area contributed by atoms with E-state index in [9.17, 15) is 0 Å². The monoisotopic (exact) mass is 143 g/mol. The molecular weight excluding hydrogens is 136 g/mol. The third-order valence-electron chi connectivity index (χ3n) is 1.16. The Morgan fingerprint density at radius 1 is 1.56 bits per heavy atom. The van der Waals surface area contributed by atoms with E-state index in [1.807, 2.05) is 24.3 Å². The third kappa shape index (κ3) is 1.57. The minimum absolute atomic E-state index is 0.0833. The smallest absolute Gasteiger partial charge is 0.140 e. The molecule has 1 nitrogen and oxygen atoms in total. The molecule has 0 N–H and O–H groups in total. The van der Waals surface area contributed by atoms with Crippen molar-refractivity contribution < 1.29 is 4.74 Å². The van der Waals surface area contributed by atoms with Crippen LogP contribution < -0.4 is 0 Å². The van der Waals surface area contributed by atoms with Gasteiger partial charge in [0.2, 0.25) is 0 Å². The molecule has 1 aliphatic rings. The van der Waals surface area contributed by atoms with E-state index in [2.05, 4.69) is 0 Å². The Bertz CT molecular complexity index is 140. The highest BCUT2D eigenvalue weighted by Crippen LogP contribution is 2.19. The van der Waals surface area contributed by atoms with Crippen LogP contribution in [0.4, 0.5) is 0 Å². The first-order valence-corrected chi connectivity index (χ1v) is 3.18. The zero-order chi connectivity index (χ0) is 6.69. The predicted octanol–water partition coefficient (Wildman–Crippen LogP) is 1.90. The van der Waals surface area contributed by atoms with E-state index in [0.29, 0.717) is 0 Å². The molecule has 1 radical (unpaired) electrons. The van der Waals surface area contributed by atoms with Crippen molar-refractivity contribution >= 4 is 11.6 Å². The molecule has 2 heteroatoms. The fourth-order valence-electron chi connectivity index (χ4n) is 0.679. The average Bonchev–Trinajstić information content (AvgIpc) is 1.89. The van der Waals surface area contributed by atoms with E-state index in [0.717, 1.165) is 6.10 Å². The number of ether oxygens (including phenoxy) is 1. The van der Waals surface area contributed by atoms with E-state index < -0.39 is 0 Å². The largest absolute Gasteiger partial charge is 0.369 e. The average molecular weight is 144 g/mol. The molecule has 1 rings (SSSR count). The lowest BCUT2D eigenvalue weighted by molar-refractivity contribution is 0.232. The van der Waals surface area contributed by atoms with Crippen molar-refractivity contribution in [2.75, 3.05) is 7.11 Å². The molecule has 0 bridgehead atoms. The maximum Gasteiger partial charge on any atom is 0.140 e. The number of halogens is 1. The van der Waals surface area contributed by atoms with Gasteiger partial charge >= 0.3 is 0 Å². The van der Waals surface area contributed by atoms with Crippen molar-refractivity contribution in [3.63, 3.8) is 0 Å². The summed E-state index contributed by atoms with van der Waals surface area (Å²) in [6.07, 6.45) is 8.34. The van der Waals surface area contributed by atoms with Crippen LogP contribution in [0.5, 0.6) is 0 Å². The summed E-state index contributed by atoms with van der Waals surface area (Å²) >= 11 is 5.78. The maximum absolute atomic E-state index is 5.78. The predicted molar refractivity (Wildman–Crippen MR) is 38.2 cm³/mol. The van der Waals surface area contributed by atoms with E-state index in [1.54, 1.807) is 7.11 Å². The van der Waals surface area contributed by atoms with Gasteiger partial charge in [-0.2, -0.15) is 0 Å². The van der Waals surface area contributed by atoms with E-state index in [-0.39, 0.29) is 5.38 Å². The van der Waals surface area contributed by atoms with Gasteiger partial charge in [0.25, 0.3) is 0 Å². The summed E-state index contributed by atoms with van der Waals surface area (Å²) in [6.45, 7) is 0. The molecule has 0 heterocycles. The standard InChI is InChI=1S/C7H8ClO/c1-9-7-5-3-2-4-6(7)8/h2-6H,1H3. The number of allylic oxidation sites excluding steroid dienone is 2. The number of hydrogen-bond donors (Lipinski definition) is 0. The number of rotatable bonds is 1. The van der Waals surface area contributed by atoms with Crippen LogP contribution in [-0.2, 0) is 4.74 Å². The van der Waals surface area contributed by atoms with Crippen LogP contribution in [0.3, 0.4) is 0 Å². The molecule has 0 aromatic heterocycles. The minimum atomic E-state index is -0.0833. The molecule has 0 fully saturated rings. The fraction of sp³-hybridized carbons (Fsp3) is 0.286. The number of alkyl halides is 1. The normalized spacial score (nSPS) is 27.1. The molecule has 0 amide bonds. The zero-order valence-corrected chi connectivity index (χ0v) is 5.93. The summed E-state index contributed by atoms with van der Waals surface area (Å²) in [7, 11) is 1.62. The van der Waals surface area contributed by atoms with Crippen LogP contribution in [0.15, 0.2) is 24.3 Å². The highest BCUT2D eigenvalue weighted by molar-refractivity contribution is 6.23. The Balaban J connectivity index is 2.55. The maximum atomic E-state index is 5.78. The Hall–Kier alpha value is -0.270. The summed E-state index contributed by atoms with van der Waals surface area (Å²) in [6, 6.07) is 0.